The van der Waals surface area contributed by atoms with E-state index in [1.807, 2.05) is 0 Å². The van der Waals surface area contributed by atoms with E-state index in [2.05, 4.69) is 30.3 Å². The molecule has 120 valence electrons. The Morgan fingerprint density at radius 3 is 1.27 bits per heavy atom. The third-order valence-corrected chi connectivity index (χ3v) is 7.92. The van der Waals surface area contributed by atoms with Crippen molar-refractivity contribution in [2.45, 2.75) is 94.5 Å². The molecule has 1 heteroatoms. The predicted octanol–water partition coefficient (Wildman–Crippen LogP) is 6.18. The molecule has 0 unspecified atom stereocenters. The molecule has 3 saturated carbocycles. The van der Waals surface area contributed by atoms with Crippen molar-refractivity contribution in [1.29, 1.82) is 0 Å². The van der Waals surface area contributed by atoms with E-state index in [1.54, 1.807) is 5.46 Å². The summed E-state index contributed by atoms with van der Waals surface area (Å²) in [7, 11) is 0. The highest BCUT2D eigenvalue weighted by molar-refractivity contribution is 6.95. The highest BCUT2D eigenvalue weighted by Gasteiger charge is 2.47. The van der Waals surface area contributed by atoms with E-state index in [1.165, 1.54) is 77.0 Å². The molecular weight excluding hydrogens is 263 g/mol. The molecule has 3 aliphatic rings. The molecule has 0 spiro atoms. The van der Waals surface area contributed by atoms with Gasteiger partial charge in [-0.3, -0.25) is 0 Å². The molecule has 4 rings (SSSR count). The quantitative estimate of drug-likeness (QED) is 0.582. The molecule has 0 amide bonds. The van der Waals surface area contributed by atoms with Gasteiger partial charge in [-0.05, 0) is 0 Å². The maximum Gasteiger partial charge on any atom is 0.0372 e. The first-order valence-corrected chi connectivity index (χ1v) is 10.1. The molecule has 3 fully saturated rings. The fourth-order valence-electron chi connectivity index (χ4n) is 7.28. The minimum absolute atomic E-state index is 0.325. The van der Waals surface area contributed by atoms with Crippen LogP contribution in [0.2, 0.25) is 17.5 Å². The summed E-state index contributed by atoms with van der Waals surface area (Å²) in [4.78, 5) is 0. The zero-order chi connectivity index (χ0) is 14.8. The lowest BCUT2D eigenvalue weighted by molar-refractivity contribution is 0.688. The molecule has 0 aliphatic heterocycles. The van der Waals surface area contributed by atoms with E-state index in [0.717, 1.165) is 17.5 Å². The average molecular weight is 295 g/mol. The molecule has 1 aromatic carbocycles. The topological polar surface area (TPSA) is 0 Å². The Morgan fingerprint density at radius 2 is 0.909 bits per heavy atom. The van der Waals surface area contributed by atoms with Crippen LogP contribution in [0.25, 0.3) is 0 Å². The van der Waals surface area contributed by atoms with E-state index in [0.29, 0.717) is 0 Å². The van der Waals surface area contributed by atoms with E-state index in [-0.39, 0.29) is 6.15 Å². The van der Waals surface area contributed by atoms with Gasteiger partial charge in [-0.2, -0.15) is 17.5 Å². The maximum atomic E-state index is 2.52. The van der Waals surface area contributed by atoms with Crippen LogP contribution >= 0.6 is 0 Å². The van der Waals surface area contributed by atoms with Gasteiger partial charge in [0.15, 0.2) is 0 Å². The monoisotopic (exact) mass is 295 g/mol. The lowest BCUT2D eigenvalue weighted by Crippen LogP contribution is -2.57. The smallest absolute Gasteiger partial charge is 0.0372 e. The van der Waals surface area contributed by atoms with Crippen molar-refractivity contribution in [2.24, 2.45) is 0 Å². The van der Waals surface area contributed by atoms with Crippen molar-refractivity contribution in [3.63, 3.8) is 0 Å². The van der Waals surface area contributed by atoms with Crippen LogP contribution in [0.1, 0.15) is 77.0 Å². The van der Waals surface area contributed by atoms with Gasteiger partial charge in [0.05, 0.1) is 0 Å². The fourth-order valence-corrected chi connectivity index (χ4v) is 7.28. The first kappa shape index (κ1) is 14.9. The molecule has 0 heterocycles. The van der Waals surface area contributed by atoms with E-state index < -0.39 is 0 Å². The third kappa shape index (κ3) is 2.36. The summed E-state index contributed by atoms with van der Waals surface area (Å²) in [6.45, 7) is 0. The van der Waals surface area contributed by atoms with Crippen LogP contribution in [-0.2, 0) is 0 Å². The summed E-state index contributed by atoms with van der Waals surface area (Å²) >= 11 is 0. The molecule has 22 heavy (non-hydrogen) atoms. The summed E-state index contributed by atoms with van der Waals surface area (Å²) < 4.78 is 0. The molecule has 0 saturated heterocycles. The zero-order valence-corrected chi connectivity index (χ0v) is 14.2. The van der Waals surface area contributed by atoms with Crippen molar-refractivity contribution in [3.8, 4) is 0 Å². The van der Waals surface area contributed by atoms with Crippen LogP contribution in [0.5, 0.6) is 0 Å². The summed E-state index contributed by atoms with van der Waals surface area (Å²) in [6.07, 6.45) is 17.9. The second-order valence-electron chi connectivity index (χ2n) is 8.62. The first-order chi connectivity index (χ1) is 10.9. The Hall–Kier alpha value is -0.715. The van der Waals surface area contributed by atoms with E-state index in [9.17, 15) is 0 Å². The minimum atomic E-state index is -0.325. The Balaban J connectivity index is 1.82. The number of rotatable bonds is 4. The average Bonchev–Trinajstić information content (AvgIpc) is 3.34. The molecule has 3 aliphatic carbocycles. The van der Waals surface area contributed by atoms with Crippen molar-refractivity contribution < 1.29 is 0 Å². The number of benzene rings is 1. The van der Waals surface area contributed by atoms with Gasteiger partial charge in [-0.1, -0.05) is 107 Å². The molecule has 0 aromatic heterocycles. The van der Waals surface area contributed by atoms with Gasteiger partial charge >= 0.3 is 0 Å². The Bertz CT molecular complexity index is 421. The largest absolute Gasteiger partial charge is 0.209 e. The summed E-state index contributed by atoms with van der Waals surface area (Å²) in [5.41, 5.74) is 1.79. The predicted molar refractivity (Wildman–Crippen MR) is 98.5 cm³/mol. The SMILES string of the molecule is c1ccc([B-](C2CCCC2)(C2CCCC2)C2CCCC2)cc1. The third-order valence-electron chi connectivity index (χ3n) is 7.92. The first-order valence-electron chi connectivity index (χ1n) is 10.1. The van der Waals surface area contributed by atoms with Gasteiger partial charge in [0.1, 0.15) is 0 Å². The lowest BCUT2D eigenvalue weighted by Gasteiger charge is -2.56. The number of hydrogen-bond acceptors (Lipinski definition) is 0. The van der Waals surface area contributed by atoms with Crippen LogP contribution in [0.4, 0.5) is 0 Å². The molecule has 1 aromatic rings. The van der Waals surface area contributed by atoms with Crippen molar-refractivity contribution in [1.82, 2.24) is 0 Å². The fraction of sp³-hybridized carbons (Fsp3) is 0.714. The van der Waals surface area contributed by atoms with Gasteiger partial charge in [-0.25, -0.2) is 5.46 Å². The normalized spacial score (nSPS) is 25.3. The van der Waals surface area contributed by atoms with Gasteiger partial charge in [0.2, 0.25) is 0 Å². The van der Waals surface area contributed by atoms with Gasteiger partial charge in [0.25, 0.3) is 0 Å². The van der Waals surface area contributed by atoms with Gasteiger partial charge in [0, 0.05) is 6.15 Å². The summed E-state index contributed by atoms with van der Waals surface area (Å²) in [5.74, 6) is 3.11. The van der Waals surface area contributed by atoms with E-state index >= 15 is 0 Å². The maximum absolute atomic E-state index is 2.52. The Morgan fingerprint density at radius 1 is 0.545 bits per heavy atom. The highest BCUT2D eigenvalue weighted by atomic mass is 14.3. The molecule has 0 radical (unpaired) electrons. The van der Waals surface area contributed by atoms with E-state index in [4.69, 9.17) is 0 Å². The minimum Gasteiger partial charge on any atom is -0.209 e. The Kier molecular flexibility index (Phi) is 4.33. The summed E-state index contributed by atoms with van der Waals surface area (Å²) in [6, 6.07) is 11.9. The van der Waals surface area contributed by atoms with Crippen molar-refractivity contribution in [2.75, 3.05) is 0 Å². The van der Waals surface area contributed by atoms with Crippen LogP contribution in [-0.4, -0.2) is 6.15 Å². The molecule has 0 bridgehead atoms. The molecule has 0 nitrogen and oxygen atoms in total. The van der Waals surface area contributed by atoms with Gasteiger partial charge in [-0.15, -0.1) is 0 Å². The second kappa shape index (κ2) is 6.42. The van der Waals surface area contributed by atoms with Gasteiger partial charge < -0.3 is 0 Å². The second-order valence-corrected chi connectivity index (χ2v) is 8.62. The standard InChI is InChI=1S/C21H32B/c1-2-10-18(11-3-1)22(19-12-4-5-13-19,20-14-6-7-15-20)21-16-8-9-17-21/h1-3,10-11,19-21H,4-9,12-17H2/q-1. The van der Waals surface area contributed by atoms with Crippen LogP contribution < -0.4 is 5.46 Å². The summed E-state index contributed by atoms with van der Waals surface area (Å²) in [5, 5.41) is 0. The van der Waals surface area contributed by atoms with Crippen molar-refractivity contribution in [3.05, 3.63) is 30.3 Å². The molecule has 0 N–H and O–H groups in total. The lowest BCUT2D eigenvalue weighted by atomic mass is 9.05. The van der Waals surface area contributed by atoms with Crippen LogP contribution in [0.15, 0.2) is 30.3 Å². The molecule has 0 atom stereocenters. The molecular formula is C21H32B-. The van der Waals surface area contributed by atoms with Crippen molar-refractivity contribution >= 4 is 11.6 Å². The Labute approximate surface area is 137 Å². The van der Waals surface area contributed by atoms with Crippen LogP contribution in [0.3, 0.4) is 0 Å². The van der Waals surface area contributed by atoms with Crippen LogP contribution in [0, 0.1) is 0 Å². The number of hydrogen-bond donors (Lipinski definition) is 0. The highest BCUT2D eigenvalue weighted by Crippen LogP contribution is 2.58. The zero-order valence-electron chi connectivity index (χ0n) is 14.2.